The number of halogens is 2. The molecule has 3 aromatic carbocycles. The van der Waals surface area contributed by atoms with Crippen molar-refractivity contribution in [3.05, 3.63) is 105 Å². The van der Waals surface area contributed by atoms with Gasteiger partial charge >= 0.3 is 5.97 Å². The van der Waals surface area contributed by atoms with Crippen molar-refractivity contribution in [3.63, 3.8) is 0 Å². The predicted octanol–water partition coefficient (Wildman–Crippen LogP) is 5.49. The first-order chi connectivity index (χ1) is 22.2. The number of benzene rings is 3. The average molecular weight is 693 g/mol. The summed E-state index contributed by atoms with van der Waals surface area (Å²) >= 11 is 3.39. The Hall–Kier alpha value is -4.02. The van der Waals surface area contributed by atoms with Crippen molar-refractivity contribution in [2.45, 2.75) is 50.6 Å². The van der Waals surface area contributed by atoms with Crippen LogP contribution < -0.4 is 10.1 Å². The molecule has 5 rings (SSSR count). The average Bonchev–Trinajstić information content (AvgIpc) is 3.05. The molecule has 2 bridgehead atoms. The van der Waals surface area contributed by atoms with Crippen LogP contribution in [0.5, 0.6) is 5.75 Å². The van der Waals surface area contributed by atoms with E-state index in [0.717, 1.165) is 28.7 Å². The molecule has 2 aliphatic heterocycles. The van der Waals surface area contributed by atoms with Crippen molar-refractivity contribution < 1.29 is 28.6 Å². The lowest BCUT2D eigenvalue weighted by Gasteiger charge is -2.44. The minimum absolute atomic E-state index is 0.0267. The number of hydrogen-bond acceptors (Lipinski definition) is 5. The first kappa shape index (κ1) is 33.3. The molecule has 2 heterocycles. The summed E-state index contributed by atoms with van der Waals surface area (Å²) in [4.78, 5) is 41.7. The van der Waals surface area contributed by atoms with Gasteiger partial charge in [0.2, 0.25) is 5.91 Å². The maximum Gasteiger partial charge on any atom is 0.303 e. The predicted molar refractivity (Wildman–Crippen MR) is 178 cm³/mol. The van der Waals surface area contributed by atoms with Gasteiger partial charge in [-0.25, -0.2) is 4.39 Å². The summed E-state index contributed by atoms with van der Waals surface area (Å²) in [5, 5.41) is 12.6. The molecule has 0 radical (unpaired) electrons. The zero-order valence-corrected chi connectivity index (χ0v) is 27.5. The first-order valence-electron chi connectivity index (χ1n) is 15.6. The second-order valence-electron chi connectivity index (χ2n) is 11.9. The lowest BCUT2D eigenvalue weighted by atomic mass is 9.82. The largest absolute Gasteiger partial charge is 0.492 e. The molecule has 46 heavy (non-hydrogen) atoms. The number of piperazine rings is 1. The Balaban J connectivity index is 1.34. The van der Waals surface area contributed by atoms with E-state index in [-0.39, 0.29) is 42.6 Å². The highest BCUT2D eigenvalue weighted by Gasteiger charge is 2.40. The zero-order valence-electron chi connectivity index (χ0n) is 25.9. The molecule has 8 nitrogen and oxygen atoms in total. The molecule has 0 saturated carbocycles. The van der Waals surface area contributed by atoms with Gasteiger partial charge in [0.1, 0.15) is 11.6 Å². The summed E-state index contributed by atoms with van der Waals surface area (Å²) < 4.78 is 20.1. The van der Waals surface area contributed by atoms with Gasteiger partial charge in [0.25, 0.3) is 5.91 Å². The summed E-state index contributed by atoms with van der Waals surface area (Å²) in [6.45, 7) is 1.78. The normalized spacial score (nSPS) is 17.5. The maximum atomic E-state index is 14.1. The molecule has 1 saturated heterocycles. The number of amides is 2. The lowest BCUT2D eigenvalue weighted by molar-refractivity contribution is -0.138. The number of ether oxygens (including phenoxy) is 1. The van der Waals surface area contributed by atoms with Crippen LogP contribution in [0.25, 0.3) is 5.57 Å². The van der Waals surface area contributed by atoms with Crippen LogP contribution in [0.15, 0.2) is 82.8 Å². The Kier molecular flexibility index (Phi) is 11.2. The molecule has 2 amide bonds. The lowest BCUT2D eigenvalue weighted by Crippen LogP contribution is -2.62. The number of aliphatic carboxylic acids is 1. The highest BCUT2D eigenvalue weighted by molar-refractivity contribution is 9.10. The van der Waals surface area contributed by atoms with Gasteiger partial charge in [0, 0.05) is 63.6 Å². The zero-order chi connectivity index (χ0) is 32.6. The van der Waals surface area contributed by atoms with Gasteiger partial charge in [0.15, 0.2) is 0 Å². The molecule has 2 aliphatic rings. The van der Waals surface area contributed by atoms with Gasteiger partial charge in [-0.15, -0.1) is 0 Å². The van der Waals surface area contributed by atoms with E-state index >= 15 is 0 Å². The van der Waals surface area contributed by atoms with Gasteiger partial charge in [-0.2, -0.15) is 0 Å². The number of fused-ring (bicyclic) bond motifs is 2. The van der Waals surface area contributed by atoms with Gasteiger partial charge < -0.3 is 25.0 Å². The molecule has 0 spiro atoms. The van der Waals surface area contributed by atoms with E-state index in [1.807, 2.05) is 61.6 Å². The quantitative estimate of drug-likeness (QED) is 0.246. The van der Waals surface area contributed by atoms with Crippen LogP contribution in [0, 0.1) is 5.82 Å². The Morgan fingerprint density at radius 3 is 2.48 bits per heavy atom. The number of carbonyl (C=O) groups excluding carboxylic acids is 2. The fraction of sp³-hybridized carbons (Fsp3) is 0.361. The maximum absolute atomic E-state index is 14.1. The summed E-state index contributed by atoms with van der Waals surface area (Å²) in [5.74, 6) is -0.967. The fourth-order valence-electron chi connectivity index (χ4n) is 6.11. The number of nitrogens with zero attached hydrogens (tertiary/aromatic N) is 2. The van der Waals surface area contributed by atoms with Crippen molar-refractivity contribution in [2.75, 3.05) is 33.3 Å². The number of rotatable bonds is 13. The van der Waals surface area contributed by atoms with Crippen molar-refractivity contribution in [2.24, 2.45) is 0 Å². The molecular weight excluding hydrogens is 653 g/mol. The SMILES string of the molecule is CN(CCc1ccccc1)C(=O)C1=C(c2ccc(CCOc3cc(F)ccc3Br)cc2)C[C@@H]2CN(C(=O)CCCC(=O)O)C[C@H]1N2. The van der Waals surface area contributed by atoms with Gasteiger partial charge in [-0.3, -0.25) is 14.4 Å². The van der Waals surface area contributed by atoms with E-state index < -0.39 is 5.97 Å². The number of carbonyl (C=O) groups is 3. The fourth-order valence-corrected chi connectivity index (χ4v) is 6.47. The molecule has 242 valence electrons. The Morgan fingerprint density at radius 1 is 1.00 bits per heavy atom. The third kappa shape index (κ3) is 8.61. The number of likely N-dealkylation sites (N-methyl/N-ethyl adjacent to an activating group) is 1. The molecule has 2 N–H and O–H groups in total. The van der Waals surface area contributed by atoms with Gasteiger partial charge in [-0.05, 0) is 69.6 Å². The highest BCUT2D eigenvalue weighted by Crippen LogP contribution is 2.34. The number of carboxylic acids is 1. The number of nitrogens with one attached hydrogen (secondary N) is 1. The molecule has 0 unspecified atom stereocenters. The first-order valence-corrected chi connectivity index (χ1v) is 16.4. The van der Waals surface area contributed by atoms with Crippen LogP contribution >= 0.6 is 15.9 Å². The van der Waals surface area contributed by atoms with Crippen LogP contribution in [-0.2, 0) is 27.2 Å². The van der Waals surface area contributed by atoms with Crippen LogP contribution in [0.2, 0.25) is 0 Å². The highest BCUT2D eigenvalue weighted by atomic mass is 79.9. The second kappa shape index (κ2) is 15.5. The van der Waals surface area contributed by atoms with E-state index in [1.54, 1.807) is 15.9 Å². The third-order valence-corrected chi connectivity index (χ3v) is 9.19. The molecule has 1 fully saturated rings. The standard InChI is InChI=1S/C36H39BrFN3O5/c1-40(18-16-24-6-3-2-4-7-24)36(45)35-29(21-28-22-41(23-31(35)39-28)33(42)8-5-9-34(43)44)26-12-10-25(11-13-26)17-19-46-32-20-27(38)14-15-30(32)37/h2-4,6-7,10-15,20,28,31,39H,5,8-9,16-19,21-23H2,1H3,(H,43,44)/t28-,31-/m1/s1. The topological polar surface area (TPSA) is 99.2 Å². The molecule has 0 aromatic heterocycles. The Bertz CT molecular complexity index is 1580. The minimum atomic E-state index is -0.915. The van der Waals surface area contributed by atoms with Crippen molar-refractivity contribution in [1.82, 2.24) is 15.1 Å². The summed E-state index contributed by atoms with van der Waals surface area (Å²) in [7, 11) is 1.82. The van der Waals surface area contributed by atoms with Gasteiger partial charge in [0.05, 0.1) is 17.1 Å². The van der Waals surface area contributed by atoms with E-state index in [4.69, 9.17) is 9.84 Å². The van der Waals surface area contributed by atoms with Gasteiger partial charge in [-0.1, -0.05) is 54.6 Å². The monoisotopic (exact) mass is 691 g/mol. The van der Waals surface area contributed by atoms with Crippen molar-refractivity contribution in [1.29, 1.82) is 0 Å². The Morgan fingerprint density at radius 2 is 1.74 bits per heavy atom. The third-order valence-electron chi connectivity index (χ3n) is 8.54. The Labute approximate surface area is 277 Å². The van der Waals surface area contributed by atoms with Crippen LogP contribution in [0.4, 0.5) is 4.39 Å². The molecule has 3 aromatic rings. The summed E-state index contributed by atoms with van der Waals surface area (Å²) in [6, 6.07) is 22.2. The van der Waals surface area contributed by atoms with E-state index in [9.17, 15) is 18.8 Å². The molecule has 2 atom stereocenters. The molecule has 0 aliphatic carbocycles. The van der Waals surface area contributed by atoms with Crippen LogP contribution in [0.1, 0.15) is 42.4 Å². The molecular formula is C36H39BrFN3O5. The molecule has 10 heteroatoms. The van der Waals surface area contributed by atoms with Crippen molar-refractivity contribution >= 4 is 39.3 Å². The smallest absolute Gasteiger partial charge is 0.303 e. The van der Waals surface area contributed by atoms with Crippen molar-refractivity contribution in [3.8, 4) is 5.75 Å². The van der Waals surface area contributed by atoms with Crippen LogP contribution in [-0.4, -0.2) is 78.1 Å². The number of carboxylic acid groups (broad SMARTS) is 1. The van der Waals surface area contributed by atoms with Crippen LogP contribution in [0.3, 0.4) is 0 Å². The minimum Gasteiger partial charge on any atom is -0.492 e. The van der Waals surface area contributed by atoms with E-state index in [2.05, 4.69) is 21.2 Å². The van der Waals surface area contributed by atoms with E-state index in [1.165, 1.54) is 12.1 Å². The second-order valence-corrected chi connectivity index (χ2v) is 12.7. The van der Waals surface area contributed by atoms with E-state index in [0.29, 0.717) is 61.3 Å². The number of hydrogen-bond donors (Lipinski definition) is 2. The summed E-state index contributed by atoms with van der Waals surface area (Å²) in [6.07, 6.45) is 2.35. The summed E-state index contributed by atoms with van der Waals surface area (Å²) in [5.41, 5.74) is 4.82.